The highest BCUT2D eigenvalue weighted by molar-refractivity contribution is 5.48. The summed E-state index contributed by atoms with van der Waals surface area (Å²) in [6.45, 7) is 15.1. The second-order valence-corrected chi connectivity index (χ2v) is 9.01. The molecule has 0 bridgehead atoms. The van der Waals surface area contributed by atoms with Gasteiger partial charge >= 0.3 is 0 Å². The summed E-state index contributed by atoms with van der Waals surface area (Å²) >= 11 is 0. The van der Waals surface area contributed by atoms with Crippen molar-refractivity contribution in [3.8, 4) is 0 Å². The van der Waals surface area contributed by atoms with Crippen molar-refractivity contribution in [2.24, 2.45) is 5.41 Å². The van der Waals surface area contributed by atoms with Crippen LogP contribution in [0.2, 0.25) is 0 Å². The summed E-state index contributed by atoms with van der Waals surface area (Å²) in [6, 6.07) is 10.7. The van der Waals surface area contributed by atoms with E-state index in [1.807, 2.05) is 4.90 Å². The van der Waals surface area contributed by atoms with Crippen molar-refractivity contribution < 1.29 is 9.80 Å². The molecule has 2 N–H and O–H groups in total. The quantitative estimate of drug-likeness (QED) is 0.726. The fraction of sp³-hybridized carbons (Fsp3) is 0.583. The molecule has 0 unspecified atom stereocenters. The molecule has 0 radical (unpaired) electrons. The lowest BCUT2D eigenvalue weighted by Gasteiger charge is -2.36. The summed E-state index contributed by atoms with van der Waals surface area (Å²) in [5.74, 6) is 0. The van der Waals surface area contributed by atoms with Gasteiger partial charge in [0.25, 0.3) is 0 Å². The zero-order chi connectivity index (χ0) is 18.4. The third-order valence-electron chi connectivity index (χ3n) is 6.59. The molecule has 1 aliphatic heterocycles. The van der Waals surface area contributed by atoms with E-state index in [1.54, 1.807) is 16.0 Å². The molecule has 2 aliphatic rings. The Bertz CT molecular complexity index is 619. The van der Waals surface area contributed by atoms with E-state index in [1.165, 1.54) is 70.5 Å². The smallest absolute Gasteiger partial charge is 0.127 e. The maximum absolute atomic E-state index is 2.46. The van der Waals surface area contributed by atoms with Gasteiger partial charge in [0, 0.05) is 6.42 Å². The largest absolute Gasteiger partial charge is 0.325 e. The normalized spacial score (nSPS) is 26.4. The van der Waals surface area contributed by atoms with Gasteiger partial charge in [-0.3, -0.25) is 0 Å². The third-order valence-corrected chi connectivity index (χ3v) is 6.59. The second-order valence-electron chi connectivity index (χ2n) is 9.01. The molecule has 0 atom stereocenters. The van der Waals surface area contributed by atoms with E-state index in [2.05, 4.69) is 63.3 Å². The van der Waals surface area contributed by atoms with Gasteiger partial charge in [0.2, 0.25) is 0 Å². The summed E-state index contributed by atoms with van der Waals surface area (Å²) in [7, 11) is 0. The molecule has 0 amide bonds. The van der Waals surface area contributed by atoms with Crippen molar-refractivity contribution in [3.63, 3.8) is 0 Å². The van der Waals surface area contributed by atoms with Crippen molar-refractivity contribution in [1.82, 2.24) is 0 Å². The predicted molar refractivity (Wildman–Crippen MR) is 112 cm³/mol. The Morgan fingerprint density at radius 1 is 1.00 bits per heavy atom. The van der Waals surface area contributed by atoms with Crippen LogP contribution in [0, 0.1) is 5.41 Å². The number of nitrogens with one attached hydrogen (secondary N) is 2. The van der Waals surface area contributed by atoms with Crippen LogP contribution < -0.4 is 9.80 Å². The molecule has 1 aromatic rings. The average Bonchev–Trinajstić information content (AvgIpc) is 2.63. The van der Waals surface area contributed by atoms with E-state index in [4.69, 9.17) is 0 Å². The third kappa shape index (κ3) is 5.31. The van der Waals surface area contributed by atoms with Crippen molar-refractivity contribution in [2.75, 3.05) is 39.3 Å². The van der Waals surface area contributed by atoms with Gasteiger partial charge in [0.15, 0.2) is 0 Å². The van der Waals surface area contributed by atoms with Gasteiger partial charge in [-0.05, 0) is 43.2 Å². The van der Waals surface area contributed by atoms with E-state index in [0.29, 0.717) is 5.41 Å². The number of hydrogen-bond donors (Lipinski definition) is 2. The Labute approximate surface area is 160 Å². The van der Waals surface area contributed by atoms with E-state index in [9.17, 15) is 0 Å². The lowest BCUT2D eigenvalue weighted by Crippen LogP contribution is -3.28. The molecule has 1 heterocycles. The van der Waals surface area contributed by atoms with Crippen LogP contribution in [0.25, 0.3) is 6.08 Å². The molecule has 0 aromatic heterocycles. The van der Waals surface area contributed by atoms with Crippen LogP contribution in [0.1, 0.15) is 52.0 Å². The predicted octanol–water partition coefficient (Wildman–Crippen LogP) is 2.40. The number of piperazine rings is 1. The number of quaternary nitrogens is 2. The van der Waals surface area contributed by atoms with Crippen molar-refractivity contribution in [2.45, 2.75) is 46.5 Å². The molecule has 2 heteroatoms. The zero-order valence-corrected chi connectivity index (χ0v) is 17.1. The standard InChI is InChI=1S/C24H36N2/c1-21-9-7-14-24(2,3)23(21)13-16-26-19-17-25(18-20-26)15-8-12-22-10-5-4-6-11-22/h4-6,8,10-12H,7,9,13-20H2,1-3H3/p+2/b12-8+. The molecule has 2 nitrogen and oxygen atoms in total. The first-order valence-electron chi connectivity index (χ1n) is 10.6. The molecule has 0 spiro atoms. The van der Waals surface area contributed by atoms with Gasteiger partial charge in [-0.2, -0.15) is 0 Å². The Kier molecular flexibility index (Phi) is 6.72. The summed E-state index contributed by atoms with van der Waals surface area (Å²) < 4.78 is 0. The van der Waals surface area contributed by atoms with E-state index in [0.717, 1.165) is 0 Å². The zero-order valence-electron chi connectivity index (χ0n) is 17.1. The van der Waals surface area contributed by atoms with Crippen molar-refractivity contribution >= 4 is 6.08 Å². The molecule has 1 fully saturated rings. The summed E-state index contributed by atoms with van der Waals surface area (Å²) in [6.07, 6.45) is 10.0. The molecule has 142 valence electrons. The van der Waals surface area contributed by atoms with Gasteiger partial charge in [-0.25, -0.2) is 0 Å². The average molecular weight is 355 g/mol. The van der Waals surface area contributed by atoms with E-state index in [-0.39, 0.29) is 0 Å². The number of hydrogen-bond acceptors (Lipinski definition) is 0. The van der Waals surface area contributed by atoms with E-state index >= 15 is 0 Å². The van der Waals surface area contributed by atoms with Crippen molar-refractivity contribution in [1.29, 1.82) is 0 Å². The first-order valence-corrected chi connectivity index (χ1v) is 10.6. The molecule has 3 rings (SSSR count). The highest BCUT2D eigenvalue weighted by atomic mass is 15.3. The first kappa shape index (κ1) is 19.4. The van der Waals surface area contributed by atoms with Gasteiger partial charge in [0.1, 0.15) is 26.2 Å². The topological polar surface area (TPSA) is 8.88 Å². The highest BCUT2D eigenvalue weighted by Crippen LogP contribution is 2.41. The summed E-state index contributed by atoms with van der Waals surface area (Å²) in [4.78, 5) is 3.57. The van der Waals surface area contributed by atoms with Gasteiger partial charge in [-0.15, -0.1) is 0 Å². The van der Waals surface area contributed by atoms with Crippen LogP contribution in [0.4, 0.5) is 0 Å². The minimum atomic E-state index is 0.442. The molecule has 0 saturated carbocycles. The number of benzene rings is 1. The molecular weight excluding hydrogens is 316 g/mol. The van der Waals surface area contributed by atoms with Crippen molar-refractivity contribution in [3.05, 3.63) is 53.1 Å². The lowest BCUT2D eigenvalue weighted by atomic mass is 9.71. The van der Waals surface area contributed by atoms with Crippen LogP contribution >= 0.6 is 0 Å². The molecule has 1 aliphatic carbocycles. The maximum atomic E-state index is 2.46. The van der Waals surface area contributed by atoms with Crippen LogP contribution in [0.3, 0.4) is 0 Å². The minimum Gasteiger partial charge on any atom is -0.325 e. The van der Waals surface area contributed by atoms with Crippen LogP contribution in [0.5, 0.6) is 0 Å². The summed E-state index contributed by atoms with van der Waals surface area (Å²) in [5, 5.41) is 0. The Balaban J connectivity index is 1.41. The monoisotopic (exact) mass is 354 g/mol. The fourth-order valence-electron chi connectivity index (χ4n) is 4.87. The lowest BCUT2D eigenvalue weighted by molar-refractivity contribution is -1.01. The number of rotatable bonds is 6. The SMILES string of the molecule is CC1=C(CC[NH+]2CC[NH+](C/C=C/c3ccccc3)CC2)C(C)(C)CCC1. The Morgan fingerprint density at radius 3 is 2.38 bits per heavy atom. The molecule has 26 heavy (non-hydrogen) atoms. The second kappa shape index (κ2) is 9.01. The fourth-order valence-corrected chi connectivity index (χ4v) is 4.87. The number of allylic oxidation sites excluding steroid dienone is 1. The molecular formula is C24H38N2+2. The summed E-state index contributed by atoms with van der Waals surface area (Å²) in [5.41, 5.74) is 5.22. The van der Waals surface area contributed by atoms with Crippen LogP contribution in [-0.2, 0) is 0 Å². The van der Waals surface area contributed by atoms with Crippen LogP contribution in [-0.4, -0.2) is 39.3 Å². The first-order chi connectivity index (χ1) is 12.5. The van der Waals surface area contributed by atoms with Gasteiger partial charge in [0.05, 0.1) is 13.1 Å². The molecule has 1 aromatic carbocycles. The molecule has 1 saturated heterocycles. The Hall–Kier alpha value is -1.38. The Morgan fingerprint density at radius 2 is 1.69 bits per heavy atom. The maximum Gasteiger partial charge on any atom is 0.127 e. The van der Waals surface area contributed by atoms with Gasteiger partial charge in [-0.1, -0.05) is 61.4 Å². The highest BCUT2D eigenvalue weighted by Gasteiger charge is 2.30. The van der Waals surface area contributed by atoms with Crippen LogP contribution in [0.15, 0.2) is 47.6 Å². The van der Waals surface area contributed by atoms with E-state index < -0.39 is 0 Å². The minimum absolute atomic E-state index is 0.442. The van der Waals surface area contributed by atoms with Gasteiger partial charge < -0.3 is 9.80 Å².